The van der Waals surface area contributed by atoms with Crippen molar-refractivity contribution < 1.29 is 46.6 Å². The summed E-state index contributed by atoms with van der Waals surface area (Å²) in [6.07, 6.45) is -4.10. The van der Waals surface area contributed by atoms with Gasteiger partial charge in [-0.25, -0.2) is 0 Å². The maximum Gasteiger partial charge on any atom is 0.416 e. The Hall–Kier alpha value is -5.78. The third-order valence-corrected chi connectivity index (χ3v) is 9.01. The van der Waals surface area contributed by atoms with Gasteiger partial charge in [0, 0.05) is 31.5 Å². The second-order valence-corrected chi connectivity index (χ2v) is 12.6. The molecule has 276 valence electrons. The Morgan fingerprint density at radius 3 is 1.91 bits per heavy atom. The smallest absolute Gasteiger partial charge is 0.416 e. The summed E-state index contributed by atoms with van der Waals surface area (Å²) in [5.41, 5.74) is -1.94. The number of hydrogen-bond donors (Lipinski definition) is 1. The molecule has 1 N–H and O–H groups in total. The Morgan fingerprint density at radius 2 is 1.32 bits per heavy atom. The number of hydrogen-bond acceptors (Lipinski definition) is 7. The summed E-state index contributed by atoms with van der Waals surface area (Å²) in [4.78, 5) is 70.1. The predicted molar refractivity (Wildman–Crippen MR) is 191 cm³/mol. The molecule has 1 saturated heterocycles. The van der Waals surface area contributed by atoms with Gasteiger partial charge >= 0.3 is 18.1 Å². The van der Waals surface area contributed by atoms with Crippen molar-refractivity contribution in [2.45, 2.75) is 51.1 Å². The van der Waals surface area contributed by atoms with E-state index in [1.54, 1.807) is 79.4 Å². The fraction of sp³-hybridized carbons (Fsp3) is 0.293. The van der Waals surface area contributed by atoms with Crippen molar-refractivity contribution in [1.82, 2.24) is 4.90 Å². The lowest BCUT2D eigenvalue weighted by molar-refractivity contribution is -0.166. The molecule has 53 heavy (non-hydrogen) atoms. The average Bonchev–Trinajstić information content (AvgIpc) is 3.70. The molecule has 1 aliphatic heterocycles. The molecule has 0 saturated carbocycles. The number of carbonyl (C=O) groups is 5. The molecule has 0 aliphatic carbocycles. The first-order valence-corrected chi connectivity index (χ1v) is 17.3. The predicted octanol–water partition coefficient (Wildman–Crippen LogP) is 7.43. The van der Waals surface area contributed by atoms with Crippen LogP contribution in [0.4, 0.5) is 18.9 Å². The minimum atomic E-state index is -4.71. The zero-order chi connectivity index (χ0) is 38.2. The van der Waals surface area contributed by atoms with E-state index in [4.69, 9.17) is 9.47 Å². The van der Waals surface area contributed by atoms with Crippen LogP contribution in [0, 0.1) is 0 Å². The first-order valence-electron chi connectivity index (χ1n) is 17.3. The first-order chi connectivity index (χ1) is 25.4. The van der Waals surface area contributed by atoms with Gasteiger partial charge in [-0.05, 0) is 73.2 Å². The molecule has 4 aromatic rings. The highest BCUT2D eigenvalue weighted by molar-refractivity contribution is 6.12. The number of halogens is 3. The third kappa shape index (κ3) is 8.65. The molecule has 2 amide bonds. The molecule has 0 bridgehead atoms. The van der Waals surface area contributed by atoms with Crippen molar-refractivity contribution >= 4 is 35.2 Å². The minimum absolute atomic E-state index is 0.0314. The molecule has 9 nitrogen and oxygen atoms in total. The van der Waals surface area contributed by atoms with Crippen LogP contribution in [-0.2, 0) is 41.9 Å². The summed E-state index contributed by atoms with van der Waals surface area (Å²) in [6, 6.07) is 23.8. The third-order valence-electron chi connectivity index (χ3n) is 9.01. The van der Waals surface area contributed by atoms with Crippen LogP contribution in [0.3, 0.4) is 0 Å². The van der Waals surface area contributed by atoms with Crippen molar-refractivity contribution in [3.8, 4) is 11.1 Å². The van der Waals surface area contributed by atoms with Gasteiger partial charge in [-0.1, -0.05) is 72.8 Å². The minimum Gasteiger partial charge on any atom is -0.465 e. The van der Waals surface area contributed by atoms with Gasteiger partial charge in [0.2, 0.25) is 0 Å². The second-order valence-electron chi connectivity index (χ2n) is 12.6. The maximum atomic E-state index is 13.9. The zero-order valence-corrected chi connectivity index (χ0v) is 29.3. The molecule has 1 aliphatic rings. The van der Waals surface area contributed by atoms with Gasteiger partial charge in [-0.3, -0.25) is 24.0 Å². The Balaban J connectivity index is 1.51. The standard InChI is InChI=1S/C41H39F3N2O7/c1-3-52-38(50)40(39(51)53-4-2,29-15-9-6-10-16-29)26-31(47)23-27-17-20-35(34(24-27)37(49)46-21-11-12-22-46)45-36(48)33-25-30(41(42,43)44)18-19-32(33)28-13-7-5-8-14-28/h5-10,13-20,24-25H,3-4,11-12,21-23,26H2,1-2H3,(H,45,48). The van der Waals surface area contributed by atoms with E-state index in [0.29, 0.717) is 24.2 Å². The van der Waals surface area contributed by atoms with E-state index in [9.17, 15) is 37.1 Å². The maximum absolute atomic E-state index is 13.9. The number of rotatable bonds is 13. The number of Topliss-reactive ketones (excluding diaryl/α,β-unsaturated/α-hetero) is 1. The van der Waals surface area contributed by atoms with Crippen LogP contribution in [0.15, 0.2) is 97.1 Å². The van der Waals surface area contributed by atoms with Crippen LogP contribution in [0.5, 0.6) is 0 Å². The molecule has 0 radical (unpaired) electrons. The van der Waals surface area contributed by atoms with Crippen LogP contribution in [0.1, 0.15) is 70.5 Å². The average molecular weight is 729 g/mol. The number of ether oxygens (including phenoxy) is 2. The fourth-order valence-electron chi connectivity index (χ4n) is 6.43. The van der Waals surface area contributed by atoms with E-state index in [2.05, 4.69) is 5.32 Å². The van der Waals surface area contributed by atoms with Crippen LogP contribution in [0.2, 0.25) is 0 Å². The topological polar surface area (TPSA) is 119 Å². The molecule has 1 fully saturated rings. The van der Waals surface area contributed by atoms with E-state index in [0.717, 1.165) is 25.0 Å². The highest BCUT2D eigenvalue weighted by atomic mass is 19.4. The number of anilines is 1. The van der Waals surface area contributed by atoms with E-state index in [1.807, 2.05) is 0 Å². The number of likely N-dealkylation sites (tertiary alicyclic amines) is 1. The summed E-state index contributed by atoms with van der Waals surface area (Å²) in [5, 5.41) is 2.66. The van der Waals surface area contributed by atoms with Crippen molar-refractivity contribution in [3.63, 3.8) is 0 Å². The molecule has 5 rings (SSSR count). The summed E-state index contributed by atoms with van der Waals surface area (Å²) in [6.45, 7) is 3.97. The van der Waals surface area contributed by atoms with Gasteiger partial charge in [-0.2, -0.15) is 13.2 Å². The van der Waals surface area contributed by atoms with Gasteiger partial charge in [0.1, 0.15) is 5.78 Å². The molecule has 4 aromatic carbocycles. The van der Waals surface area contributed by atoms with Gasteiger partial charge < -0.3 is 19.7 Å². The zero-order valence-electron chi connectivity index (χ0n) is 29.3. The molecule has 0 aromatic heterocycles. The molecule has 0 atom stereocenters. The van der Waals surface area contributed by atoms with Crippen molar-refractivity contribution in [1.29, 1.82) is 0 Å². The molecule has 1 heterocycles. The number of carbonyl (C=O) groups excluding carboxylic acids is 5. The van der Waals surface area contributed by atoms with Crippen molar-refractivity contribution in [3.05, 3.63) is 125 Å². The van der Waals surface area contributed by atoms with Crippen LogP contribution in [-0.4, -0.2) is 60.7 Å². The summed E-state index contributed by atoms with van der Waals surface area (Å²) in [5.74, 6) is -3.72. The van der Waals surface area contributed by atoms with Crippen molar-refractivity contribution in [2.75, 3.05) is 31.6 Å². The van der Waals surface area contributed by atoms with E-state index >= 15 is 0 Å². The molecule has 12 heteroatoms. The van der Waals surface area contributed by atoms with E-state index in [-0.39, 0.29) is 47.6 Å². The Bertz CT molecular complexity index is 1960. The monoisotopic (exact) mass is 728 g/mol. The van der Waals surface area contributed by atoms with Crippen LogP contribution >= 0.6 is 0 Å². The lowest BCUT2D eigenvalue weighted by Crippen LogP contribution is -2.48. The molecular weight excluding hydrogens is 689 g/mol. The fourth-order valence-corrected chi connectivity index (χ4v) is 6.43. The van der Waals surface area contributed by atoms with Crippen molar-refractivity contribution in [2.24, 2.45) is 0 Å². The van der Waals surface area contributed by atoms with E-state index < -0.39 is 53.1 Å². The molecule has 0 spiro atoms. The second kappa shape index (κ2) is 16.7. The molecule has 0 unspecified atom stereocenters. The number of amides is 2. The lowest BCUT2D eigenvalue weighted by Gasteiger charge is -2.29. The highest BCUT2D eigenvalue weighted by Gasteiger charge is 2.52. The van der Waals surface area contributed by atoms with Gasteiger partial charge in [0.15, 0.2) is 5.41 Å². The number of benzene rings is 4. The first kappa shape index (κ1) is 38.5. The number of ketones is 1. The number of alkyl halides is 3. The lowest BCUT2D eigenvalue weighted by atomic mass is 9.75. The Kier molecular flexibility index (Phi) is 12.1. The van der Waals surface area contributed by atoms with Gasteiger partial charge in [-0.15, -0.1) is 0 Å². The quantitative estimate of drug-likeness (QED) is 0.112. The largest absolute Gasteiger partial charge is 0.465 e. The number of nitrogens with zero attached hydrogens (tertiary/aromatic N) is 1. The Morgan fingerprint density at radius 1 is 0.717 bits per heavy atom. The molecular formula is C41H39F3N2O7. The van der Waals surface area contributed by atoms with Crippen LogP contribution in [0.25, 0.3) is 11.1 Å². The summed E-state index contributed by atoms with van der Waals surface area (Å²) in [7, 11) is 0. The normalized spacial score (nSPS) is 13.0. The number of nitrogens with one attached hydrogen (secondary N) is 1. The number of esters is 2. The van der Waals surface area contributed by atoms with Crippen LogP contribution < -0.4 is 5.32 Å². The SMILES string of the molecule is CCOC(=O)C(CC(=O)Cc1ccc(NC(=O)c2cc(C(F)(F)F)ccc2-c2ccccc2)c(C(=O)N2CCCC2)c1)(C(=O)OCC)c1ccccc1. The van der Waals surface area contributed by atoms with E-state index in [1.165, 1.54) is 24.3 Å². The van der Waals surface area contributed by atoms with Gasteiger partial charge in [0.05, 0.1) is 30.0 Å². The summed E-state index contributed by atoms with van der Waals surface area (Å²) < 4.78 is 52.0. The van der Waals surface area contributed by atoms with Gasteiger partial charge in [0.25, 0.3) is 11.8 Å². The summed E-state index contributed by atoms with van der Waals surface area (Å²) >= 11 is 0. The Labute approximate surface area is 305 Å². The highest BCUT2D eigenvalue weighted by Crippen LogP contribution is 2.35.